The van der Waals surface area contributed by atoms with Crippen molar-refractivity contribution in [1.82, 2.24) is 5.32 Å². The topological polar surface area (TPSA) is 12.0 Å². The van der Waals surface area contributed by atoms with Gasteiger partial charge < -0.3 is 5.32 Å². The zero-order chi connectivity index (χ0) is 12.4. The molecule has 1 nitrogen and oxygen atoms in total. The van der Waals surface area contributed by atoms with Crippen molar-refractivity contribution in [2.45, 2.75) is 32.4 Å². The highest BCUT2D eigenvalue weighted by molar-refractivity contribution is 5.34. The molecule has 0 aromatic heterocycles. The SMILES string of the molecule is Cc1ccccc1CNC1CCc2ccccc21. The van der Waals surface area contributed by atoms with Crippen molar-refractivity contribution >= 4 is 0 Å². The zero-order valence-corrected chi connectivity index (χ0v) is 10.8. The van der Waals surface area contributed by atoms with Crippen LogP contribution in [0, 0.1) is 6.92 Å². The predicted molar refractivity (Wildman–Crippen MR) is 75.5 cm³/mol. The van der Waals surface area contributed by atoms with Crippen LogP contribution in [-0.2, 0) is 13.0 Å². The third-order valence-corrected chi connectivity index (χ3v) is 3.93. The van der Waals surface area contributed by atoms with Gasteiger partial charge >= 0.3 is 0 Å². The van der Waals surface area contributed by atoms with Crippen LogP contribution in [-0.4, -0.2) is 0 Å². The average molecular weight is 237 g/mol. The lowest BCUT2D eigenvalue weighted by Crippen LogP contribution is -2.19. The number of aryl methyl sites for hydroxylation is 2. The first-order valence-corrected chi connectivity index (χ1v) is 6.70. The maximum atomic E-state index is 3.69. The van der Waals surface area contributed by atoms with E-state index in [-0.39, 0.29) is 0 Å². The molecule has 0 radical (unpaired) electrons. The van der Waals surface area contributed by atoms with Gasteiger partial charge in [-0.1, -0.05) is 48.5 Å². The molecular formula is C17H19N. The summed E-state index contributed by atoms with van der Waals surface area (Å²) in [6.45, 7) is 3.14. The average Bonchev–Trinajstić information content (AvgIpc) is 2.81. The molecule has 2 aromatic carbocycles. The summed E-state index contributed by atoms with van der Waals surface area (Å²) in [6.07, 6.45) is 2.44. The molecule has 3 rings (SSSR count). The smallest absolute Gasteiger partial charge is 0.0329 e. The summed E-state index contributed by atoms with van der Waals surface area (Å²) in [5.41, 5.74) is 5.78. The molecule has 18 heavy (non-hydrogen) atoms. The fraction of sp³-hybridized carbons (Fsp3) is 0.294. The third-order valence-electron chi connectivity index (χ3n) is 3.93. The Hall–Kier alpha value is -1.60. The van der Waals surface area contributed by atoms with E-state index in [0.29, 0.717) is 6.04 Å². The van der Waals surface area contributed by atoms with E-state index in [0.717, 1.165) is 6.54 Å². The molecule has 0 spiro atoms. The largest absolute Gasteiger partial charge is 0.306 e. The molecule has 0 fully saturated rings. The van der Waals surface area contributed by atoms with Crippen LogP contribution in [0.4, 0.5) is 0 Å². The van der Waals surface area contributed by atoms with Crippen LogP contribution in [0.2, 0.25) is 0 Å². The second kappa shape index (κ2) is 4.95. The van der Waals surface area contributed by atoms with Crippen molar-refractivity contribution in [3.05, 3.63) is 70.8 Å². The highest BCUT2D eigenvalue weighted by Gasteiger charge is 2.20. The van der Waals surface area contributed by atoms with Crippen molar-refractivity contribution in [2.24, 2.45) is 0 Å². The van der Waals surface area contributed by atoms with Crippen molar-refractivity contribution in [1.29, 1.82) is 0 Å². The van der Waals surface area contributed by atoms with Gasteiger partial charge in [-0.3, -0.25) is 0 Å². The van der Waals surface area contributed by atoms with E-state index in [1.54, 1.807) is 0 Å². The van der Waals surface area contributed by atoms with Gasteiger partial charge in [0.25, 0.3) is 0 Å². The highest BCUT2D eigenvalue weighted by Crippen LogP contribution is 2.30. The molecule has 1 aliphatic rings. The first-order chi connectivity index (χ1) is 8.84. The minimum Gasteiger partial charge on any atom is -0.306 e. The van der Waals surface area contributed by atoms with Crippen molar-refractivity contribution < 1.29 is 0 Å². The Morgan fingerprint density at radius 2 is 1.83 bits per heavy atom. The maximum absolute atomic E-state index is 3.69. The zero-order valence-electron chi connectivity index (χ0n) is 10.8. The fourth-order valence-corrected chi connectivity index (χ4v) is 2.81. The minimum atomic E-state index is 0.529. The highest BCUT2D eigenvalue weighted by atomic mass is 14.9. The van der Waals surface area contributed by atoms with Crippen LogP contribution in [0.25, 0.3) is 0 Å². The van der Waals surface area contributed by atoms with Gasteiger partial charge in [0.1, 0.15) is 0 Å². The molecule has 2 aromatic rings. The fourth-order valence-electron chi connectivity index (χ4n) is 2.81. The van der Waals surface area contributed by atoms with E-state index in [1.165, 1.54) is 35.1 Å². The predicted octanol–water partition coefficient (Wildman–Crippen LogP) is 3.77. The molecule has 1 unspecified atom stereocenters. The summed E-state index contributed by atoms with van der Waals surface area (Å²) in [5, 5.41) is 3.69. The summed E-state index contributed by atoms with van der Waals surface area (Å²) in [4.78, 5) is 0. The molecule has 92 valence electrons. The molecule has 0 amide bonds. The lowest BCUT2D eigenvalue weighted by atomic mass is 10.1. The first kappa shape index (κ1) is 11.5. The number of rotatable bonds is 3. The van der Waals surface area contributed by atoms with E-state index in [4.69, 9.17) is 0 Å². The molecule has 0 bridgehead atoms. The molecule has 0 heterocycles. The Kier molecular flexibility index (Phi) is 3.16. The maximum Gasteiger partial charge on any atom is 0.0329 e. The van der Waals surface area contributed by atoms with Crippen LogP contribution < -0.4 is 5.32 Å². The molecule has 0 aliphatic heterocycles. The summed E-state index contributed by atoms with van der Waals surface area (Å²) in [7, 11) is 0. The van der Waals surface area contributed by atoms with Gasteiger partial charge in [0.2, 0.25) is 0 Å². The lowest BCUT2D eigenvalue weighted by molar-refractivity contribution is 0.529. The summed E-state index contributed by atoms with van der Waals surface area (Å²) < 4.78 is 0. The standard InChI is InChI=1S/C17H19N/c1-13-6-2-3-8-15(13)12-18-17-11-10-14-7-4-5-9-16(14)17/h2-9,17-18H,10-12H2,1H3. The van der Waals surface area contributed by atoms with E-state index in [2.05, 4.69) is 60.8 Å². The number of nitrogens with one attached hydrogen (secondary N) is 1. The second-order valence-corrected chi connectivity index (χ2v) is 5.10. The molecular weight excluding hydrogens is 218 g/mol. The first-order valence-electron chi connectivity index (χ1n) is 6.70. The minimum absolute atomic E-state index is 0.529. The Labute approximate surface area is 109 Å². The van der Waals surface area contributed by atoms with Crippen molar-refractivity contribution in [3.8, 4) is 0 Å². The quantitative estimate of drug-likeness (QED) is 0.856. The molecule has 1 atom stereocenters. The molecule has 1 N–H and O–H groups in total. The van der Waals surface area contributed by atoms with Gasteiger partial charge in [0, 0.05) is 12.6 Å². The van der Waals surface area contributed by atoms with Gasteiger partial charge in [-0.05, 0) is 42.0 Å². The van der Waals surface area contributed by atoms with Crippen LogP contribution in [0.3, 0.4) is 0 Å². The van der Waals surface area contributed by atoms with E-state index in [1.807, 2.05) is 0 Å². The van der Waals surface area contributed by atoms with Gasteiger partial charge in [-0.15, -0.1) is 0 Å². The summed E-state index contributed by atoms with van der Waals surface area (Å²) in [5.74, 6) is 0. The van der Waals surface area contributed by atoms with Crippen LogP contribution >= 0.6 is 0 Å². The van der Waals surface area contributed by atoms with Crippen molar-refractivity contribution in [3.63, 3.8) is 0 Å². The summed E-state index contributed by atoms with van der Waals surface area (Å²) >= 11 is 0. The normalized spacial score (nSPS) is 17.7. The van der Waals surface area contributed by atoms with Gasteiger partial charge in [-0.25, -0.2) is 0 Å². The Morgan fingerprint density at radius 1 is 1.06 bits per heavy atom. The van der Waals surface area contributed by atoms with Gasteiger partial charge in [0.05, 0.1) is 0 Å². The van der Waals surface area contributed by atoms with Crippen molar-refractivity contribution in [2.75, 3.05) is 0 Å². The van der Waals surface area contributed by atoms with Gasteiger partial charge in [0.15, 0.2) is 0 Å². The lowest BCUT2D eigenvalue weighted by Gasteiger charge is -2.15. The Balaban J connectivity index is 1.71. The van der Waals surface area contributed by atoms with E-state index < -0.39 is 0 Å². The molecule has 1 aliphatic carbocycles. The van der Waals surface area contributed by atoms with E-state index >= 15 is 0 Å². The van der Waals surface area contributed by atoms with E-state index in [9.17, 15) is 0 Å². The number of benzene rings is 2. The van der Waals surface area contributed by atoms with Crippen LogP contribution in [0.1, 0.15) is 34.7 Å². The van der Waals surface area contributed by atoms with Crippen LogP contribution in [0.5, 0.6) is 0 Å². The Morgan fingerprint density at radius 3 is 2.72 bits per heavy atom. The summed E-state index contributed by atoms with van der Waals surface area (Å²) in [6, 6.07) is 17.9. The number of hydrogen-bond acceptors (Lipinski definition) is 1. The second-order valence-electron chi connectivity index (χ2n) is 5.10. The number of fused-ring (bicyclic) bond motifs is 1. The van der Waals surface area contributed by atoms with Gasteiger partial charge in [-0.2, -0.15) is 0 Å². The van der Waals surface area contributed by atoms with Crippen LogP contribution in [0.15, 0.2) is 48.5 Å². The Bertz CT molecular complexity index is 545. The molecule has 0 saturated carbocycles. The molecule has 0 saturated heterocycles. The molecule has 1 heteroatoms. The third kappa shape index (κ3) is 2.19. The number of hydrogen-bond donors (Lipinski definition) is 1. The monoisotopic (exact) mass is 237 g/mol.